The van der Waals surface area contributed by atoms with E-state index in [0.29, 0.717) is 31.4 Å². The van der Waals surface area contributed by atoms with Gasteiger partial charge in [0.1, 0.15) is 0 Å². The Morgan fingerprint density at radius 3 is 2.64 bits per heavy atom. The number of rotatable bonds is 5. The summed E-state index contributed by atoms with van der Waals surface area (Å²) in [7, 11) is 0. The number of piperazine rings is 1. The third kappa shape index (κ3) is 4.88. The molecule has 150 valence electrons. The SMILES string of the molecule is CCOC(=O)N1CCN(Cc2csc(N(C(C)=O)c3cccc(C)c3)n2)CC1. The molecule has 0 atom stereocenters. The number of anilines is 2. The predicted octanol–water partition coefficient (Wildman–Crippen LogP) is 3.41. The molecule has 0 bridgehead atoms. The molecule has 7 nitrogen and oxygen atoms in total. The number of amides is 2. The van der Waals surface area contributed by atoms with Crippen molar-refractivity contribution < 1.29 is 14.3 Å². The minimum atomic E-state index is -0.242. The standard InChI is InChI=1S/C20H26N4O3S/c1-4-27-20(26)23-10-8-22(9-11-23)13-17-14-28-19(21-17)24(16(3)25)18-7-5-6-15(2)12-18/h5-7,12,14H,4,8-11,13H2,1-3H3. The molecular weight excluding hydrogens is 376 g/mol. The molecule has 2 aromatic rings. The smallest absolute Gasteiger partial charge is 0.409 e. The summed E-state index contributed by atoms with van der Waals surface area (Å²) in [5.41, 5.74) is 2.86. The van der Waals surface area contributed by atoms with Crippen LogP contribution in [0.2, 0.25) is 0 Å². The number of thiazole rings is 1. The van der Waals surface area contributed by atoms with Crippen LogP contribution >= 0.6 is 11.3 Å². The molecule has 1 aliphatic heterocycles. The summed E-state index contributed by atoms with van der Waals surface area (Å²) < 4.78 is 5.06. The maximum atomic E-state index is 12.2. The highest BCUT2D eigenvalue weighted by molar-refractivity contribution is 7.14. The van der Waals surface area contributed by atoms with Crippen molar-refractivity contribution in [1.82, 2.24) is 14.8 Å². The van der Waals surface area contributed by atoms with E-state index in [-0.39, 0.29) is 12.0 Å². The van der Waals surface area contributed by atoms with Gasteiger partial charge in [0.05, 0.1) is 18.0 Å². The molecule has 1 fully saturated rings. The van der Waals surface area contributed by atoms with Crippen LogP contribution in [0.3, 0.4) is 0 Å². The Hall–Kier alpha value is -2.45. The molecule has 1 aliphatic rings. The van der Waals surface area contributed by atoms with Gasteiger partial charge >= 0.3 is 6.09 Å². The topological polar surface area (TPSA) is 66.0 Å². The quantitative estimate of drug-likeness (QED) is 0.767. The van der Waals surface area contributed by atoms with Gasteiger partial charge in [-0.05, 0) is 31.5 Å². The Kier molecular flexibility index (Phi) is 6.64. The van der Waals surface area contributed by atoms with Gasteiger partial charge in [-0.25, -0.2) is 9.78 Å². The van der Waals surface area contributed by atoms with Crippen LogP contribution in [0.1, 0.15) is 25.1 Å². The number of aromatic nitrogens is 1. The maximum absolute atomic E-state index is 12.2. The molecule has 0 N–H and O–H groups in total. The first-order valence-electron chi connectivity index (χ1n) is 9.43. The fraction of sp³-hybridized carbons (Fsp3) is 0.450. The van der Waals surface area contributed by atoms with E-state index < -0.39 is 0 Å². The van der Waals surface area contributed by atoms with Crippen LogP contribution in [0.4, 0.5) is 15.6 Å². The largest absolute Gasteiger partial charge is 0.450 e. The lowest BCUT2D eigenvalue weighted by molar-refractivity contribution is -0.115. The van der Waals surface area contributed by atoms with E-state index in [4.69, 9.17) is 9.72 Å². The highest BCUT2D eigenvalue weighted by atomic mass is 32.1. The second-order valence-electron chi connectivity index (χ2n) is 6.78. The van der Waals surface area contributed by atoms with Gasteiger partial charge in [0.2, 0.25) is 5.91 Å². The monoisotopic (exact) mass is 402 g/mol. The average Bonchev–Trinajstić information content (AvgIpc) is 3.10. The Labute approximate surface area is 169 Å². The number of carbonyl (C=O) groups excluding carboxylic acids is 2. The Balaban J connectivity index is 1.64. The number of carbonyl (C=O) groups is 2. The summed E-state index contributed by atoms with van der Waals surface area (Å²) in [4.78, 5) is 34.4. The number of benzene rings is 1. The molecule has 1 aromatic carbocycles. The fourth-order valence-corrected chi connectivity index (χ4v) is 4.08. The Bertz CT molecular complexity index is 830. The van der Waals surface area contributed by atoms with Crippen molar-refractivity contribution in [2.45, 2.75) is 27.3 Å². The Morgan fingerprint density at radius 1 is 1.25 bits per heavy atom. The molecule has 0 unspecified atom stereocenters. The van der Waals surface area contributed by atoms with Crippen LogP contribution < -0.4 is 4.90 Å². The lowest BCUT2D eigenvalue weighted by Crippen LogP contribution is -2.48. The predicted molar refractivity (Wildman–Crippen MR) is 110 cm³/mol. The fourth-order valence-electron chi connectivity index (χ4n) is 3.20. The van der Waals surface area contributed by atoms with E-state index in [0.717, 1.165) is 30.0 Å². The van der Waals surface area contributed by atoms with Crippen molar-refractivity contribution in [2.75, 3.05) is 37.7 Å². The first-order chi connectivity index (χ1) is 13.5. The zero-order valence-corrected chi connectivity index (χ0v) is 17.4. The molecule has 0 radical (unpaired) electrons. The van der Waals surface area contributed by atoms with Gasteiger partial charge in [-0.1, -0.05) is 12.1 Å². The van der Waals surface area contributed by atoms with Gasteiger partial charge in [-0.15, -0.1) is 11.3 Å². The van der Waals surface area contributed by atoms with E-state index in [9.17, 15) is 9.59 Å². The molecule has 28 heavy (non-hydrogen) atoms. The minimum Gasteiger partial charge on any atom is -0.450 e. The van der Waals surface area contributed by atoms with Gasteiger partial charge in [0.25, 0.3) is 0 Å². The van der Waals surface area contributed by atoms with Crippen molar-refractivity contribution in [2.24, 2.45) is 0 Å². The first kappa shape index (κ1) is 20.3. The number of aryl methyl sites for hydroxylation is 1. The van der Waals surface area contributed by atoms with Gasteiger partial charge < -0.3 is 9.64 Å². The lowest BCUT2D eigenvalue weighted by Gasteiger charge is -2.33. The summed E-state index contributed by atoms with van der Waals surface area (Å²) in [5, 5.41) is 2.68. The summed E-state index contributed by atoms with van der Waals surface area (Å²) >= 11 is 1.47. The van der Waals surface area contributed by atoms with Crippen LogP contribution in [0, 0.1) is 6.92 Å². The normalized spacial score (nSPS) is 14.8. The first-order valence-corrected chi connectivity index (χ1v) is 10.3. The molecule has 2 amide bonds. The summed E-state index contributed by atoms with van der Waals surface area (Å²) in [5.74, 6) is -0.0606. The lowest BCUT2D eigenvalue weighted by atomic mass is 10.2. The summed E-state index contributed by atoms with van der Waals surface area (Å²) in [6, 6.07) is 7.85. The molecular formula is C20H26N4O3S. The molecule has 0 spiro atoms. The van der Waals surface area contributed by atoms with E-state index >= 15 is 0 Å². The third-order valence-corrected chi connectivity index (χ3v) is 5.46. The second-order valence-corrected chi connectivity index (χ2v) is 7.61. The molecule has 1 saturated heterocycles. The average molecular weight is 403 g/mol. The maximum Gasteiger partial charge on any atom is 0.409 e. The van der Waals surface area contributed by atoms with Crippen LogP contribution in [-0.2, 0) is 16.1 Å². The third-order valence-electron chi connectivity index (χ3n) is 4.59. The van der Waals surface area contributed by atoms with Crippen molar-refractivity contribution in [3.8, 4) is 0 Å². The number of hydrogen-bond acceptors (Lipinski definition) is 6. The second kappa shape index (κ2) is 9.16. The number of hydrogen-bond donors (Lipinski definition) is 0. The van der Waals surface area contributed by atoms with Crippen molar-refractivity contribution in [3.63, 3.8) is 0 Å². The zero-order chi connectivity index (χ0) is 20.1. The van der Waals surface area contributed by atoms with Gasteiger partial charge in [-0.2, -0.15) is 0 Å². The summed E-state index contributed by atoms with van der Waals surface area (Å²) in [6.45, 7) is 9.33. The molecule has 3 rings (SSSR count). The van der Waals surface area contributed by atoms with E-state index in [1.54, 1.807) is 16.7 Å². The Morgan fingerprint density at radius 2 is 2.00 bits per heavy atom. The molecule has 8 heteroatoms. The van der Waals surface area contributed by atoms with Crippen LogP contribution in [0.15, 0.2) is 29.6 Å². The summed E-state index contributed by atoms with van der Waals surface area (Å²) in [6.07, 6.45) is -0.242. The zero-order valence-electron chi connectivity index (χ0n) is 16.6. The molecule has 0 aliphatic carbocycles. The highest BCUT2D eigenvalue weighted by Crippen LogP contribution is 2.29. The number of nitrogens with zero attached hydrogens (tertiary/aromatic N) is 4. The minimum absolute atomic E-state index is 0.0606. The van der Waals surface area contributed by atoms with Gasteiger partial charge in [0.15, 0.2) is 5.13 Å². The van der Waals surface area contributed by atoms with Crippen molar-refractivity contribution in [1.29, 1.82) is 0 Å². The number of ether oxygens (including phenoxy) is 1. The van der Waals surface area contributed by atoms with Crippen LogP contribution in [0.25, 0.3) is 0 Å². The van der Waals surface area contributed by atoms with Gasteiger partial charge in [0, 0.05) is 45.0 Å². The highest BCUT2D eigenvalue weighted by Gasteiger charge is 2.23. The molecule has 1 aromatic heterocycles. The van der Waals surface area contributed by atoms with Crippen LogP contribution in [0.5, 0.6) is 0 Å². The van der Waals surface area contributed by atoms with Crippen molar-refractivity contribution >= 4 is 34.2 Å². The van der Waals surface area contributed by atoms with E-state index in [1.807, 2.05) is 43.5 Å². The van der Waals surface area contributed by atoms with Crippen LogP contribution in [-0.4, -0.2) is 59.6 Å². The van der Waals surface area contributed by atoms with Gasteiger partial charge in [-0.3, -0.25) is 14.6 Å². The molecule has 2 heterocycles. The van der Waals surface area contributed by atoms with E-state index in [2.05, 4.69) is 4.90 Å². The molecule has 0 saturated carbocycles. The van der Waals surface area contributed by atoms with E-state index in [1.165, 1.54) is 11.3 Å². The van der Waals surface area contributed by atoms with Crippen molar-refractivity contribution in [3.05, 3.63) is 40.9 Å².